The van der Waals surface area contributed by atoms with E-state index in [1.165, 1.54) is 0 Å². The number of hydrogen-bond donors (Lipinski definition) is 1. The summed E-state index contributed by atoms with van der Waals surface area (Å²) in [5, 5.41) is 11.4. The highest BCUT2D eigenvalue weighted by Gasteiger charge is 2.68. The molecule has 0 spiro atoms. The zero-order chi connectivity index (χ0) is 20.2. The van der Waals surface area contributed by atoms with Crippen LogP contribution in [-0.4, -0.2) is 33.5 Å². The lowest BCUT2D eigenvalue weighted by atomic mass is 9.44. The monoisotopic (exact) mass is 488 g/mol. The Kier molecular flexibility index (Phi) is 5.61. The summed E-state index contributed by atoms with van der Waals surface area (Å²) in [5.74, 6) is 0.178. The summed E-state index contributed by atoms with van der Waals surface area (Å²) in [6.07, 6.45) is 4.69. The van der Waals surface area contributed by atoms with Gasteiger partial charge in [0.1, 0.15) is 11.9 Å². The number of hydrogen-bond acceptors (Lipinski definition) is 4. The smallest absolute Gasteiger partial charge is 0.316 e. The molecule has 0 amide bonds. The SMILES string of the molecule is C=C[C@]1(C)C[C@@H](OC(=O)CI)[C@]2(C)[C@H](C)CC[C@]3(CCC(=O)[C@H]32)[C@@H](C)[C@@H]1O. The number of alkyl halides is 1. The normalized spacial score (nSPS) is 49.7. The molecule has 2 bridgehead atoms. The minimum absolute atomic E-state index is 0.00463. The molecule has 0 saturated heterocycles. The van der Waals surface area contributed by atoms with Crippen molar-refractivity contribution in [3.8, 4) is 0 Å². The standard InChI is InChI=1S/C22H33IO4/c1-6-20(4)11-16(27-17(25)12-23)21(5)13(2)7-9-22(14(3)19(20)26)10-8-15(24)18(21)22/h6,13-14,16,18-19,26H,1,7-12H2,2-5H3/t13-,14+,16-,18+,19+,20-,21+,22+/m1/s1. The summed E-state index contributed by atoms with van der Waals surface area (Å²) in [6.45, 7) is 12.5. The van der Waals surface area contributed by atoms with Crippen LogP contribution in [0.4, 0.5) is 0 Å². The Morgan fingerprint density at radius 1 is 1.37 bits per heavy atom. The highest BCUT2D eigenvalue weighted by Crippen LogP contribution is 2.67. The molecule has 3 aliphatic rings. The first-order chi connectivity index (χ1) is 12.6. The van der Waals surface area contributed by atoms with E-state index in [0.717, 1.165) is 19.3 Å². The molecule has 0 heterocycles. The first-order valence-corrected chi connectivity index (χ1v) is 11.7. The Labute approximate surface area is 176 Å². The summed E-state index contributed by atoms with van der Waals surface area (Å²) < 4.78 is 6.30. The van der Waals surface area contributed by atoms with E-state index in [-0.39, 0.29) is 33.6 Å². The number of aliphatic hydroxyl groups excluding tert-OH is 1. The van der Waals surface area contributed by atoms with Gasteiger partial charge >= 0.3 is 5.97 Å². The third kappa shape index (κ3) is 2.93. The molecule has 4 nitrogen and oxygen atoms in total. The van der Waals surface area contributed by atoms with Gasteiger partial charge in [0, 0.05) is 23.2 Å². The van der Waals surface area contributed by atoms with Gasteiger partial charge in [-0.2, -0.15) is 0 Å². The first kappa shape index (κ1) is 21.3. The van der Waals surface area contributed by atoms with E-state index < -0.39 is 23.0 Å². The van der Waals surface area contributed by atoms with E-state index in [9.17, 15) is 14.7 Å². The van der Waals surface area contributed by atoms with Crippen molar-refractivity contribution in [3.05, 3.63) is 12.7 Å². The zero-order valence-electron chi connectivity index (χ0n) is 17.0. The quantitative estimate of drug-likeness (QED) is 0.278. The molecule has 152 valence electrons. The molecule has 27 heavy (non-hydrogen) atoms. The fourth-order valence-corrected chi connectivity index (χ4v) is 6.87. The van der Waals surface area contributed by atoms with Gasteiger partial charge in [0.2, 0.25) is 0 Å². The lowest BCUT2D eigenvalue weighted by Gasteiger charge is -2.61. The molecule has 5 heteroatoms. The molecule has 0 aromatic carbocycles. The van der Waals surface area contributed by atoms with Crippen molar-refractivity contribution in [2.45, 2.75) is 72.0 Å². The van der Waals surface area contributed by atoms with Crippen molar-refractivity contribution < 1.29 is 19.4 Å². The van der Waals surface area contributed by atoms with Crippen molar-refractivity contribution in [1.29, 1.82) is 0 Å². The molecular weight excluding hydrogens is 455 g/mol. The molecule has 0 aliphatic heterocycles. The molecule has 0 aromatic rings. The van der Waals surface area contributed by atoms with Crippen LogP contribution in [0, 0.1) is 34.0 Å². The maximum Gasteiger partial charge on any atom is 0.316 e. The highest BCUT2D eigenvalue weighted by atomic mass is 127. The van der Waals surface area contributed by atoms with Gasteiger partial charge in [0.25, 0.3) is 0 Å². The second kappa shape index (κ2) is 7.12. The Bertz CT molecular complexity index is 648. The van der Waals surface area contributed by atoms with Gasteiger partial charge in [-0.25, -0.2) is 0 Å². The highest BCUT2D eigenvalue weighted by molar-refractivity contribution is 14.1. The molecular formula is C22H33IO4. The van der Waals surface area contributed by atoms with Gasteiger partial charge in [0.05, 0.1) is 10.5 Å². The summed E-state index contributed by atoms with van der Waals surface area (Å²) in [6, 6.07) is 0. The number of halogens is 1. The van der Waals surface area contributed by atoms with Crippen LogP contribution in [0.3, 0.4) is 0 Å². The molecule has 0 radical (unpaired) electrons. The Morgan fingerprint density at radius 3 is 2.63 bits per heavy atom. The first-order valence-electron chi connectivity index (χ1n) is 10.2. The zero-order valence-corrected chi connectivity index (χ0v) is 19.1. The topological polar surface area (TPSA) is 63.6 Å². The van der Waals surface area contributed by atoms with Crippen molar-refractivity contribution in [2.24, 2.45) is 34.0 Å². The predicted octanol–water partition coefficient (Wildman–Crippen LogP) is 4.33. The Morgan fingerprint density at radius 2 is 2.04 bits per heavy atom. The van der Waals surface area contributed by atoms with Crippen molar-refractivity contribution in [2.75, 3.05) is 4.43 Å². The third-order valence-corrected chi connectivity index (χ3v) is 9.31. The summed E-state index contributed by atoms with van der Waals surface area (Å²) in [7, 11) is 0. The average molecular weight is 488 g/mol. The lowest BCUT2D eigenvalue weighted by Crippen LogP contribution is -2.63. The maximum atomic E-state index is 13.2. The van der Waals surface area contributed by atoms with Crippen molar-refractivity contribution in [1.82, 2.24) is 0 Å². The maximum absolute atomic E-state index is 13.2. The summed E-state index contributed by atoms with van der Waals surface area (Å²) >= 11 is 2.02. The van der Waals surface area contributed by atoms with Crippen molar-refractivity contribution >= 4 is 34.3 Å². The number of ether oxygens (including phenoxy) is 1. The van der Waals surface area contributed by atoms with Crippen LogP contribution in [-0.2, 0) is 14.3 Å². The average Bonchev–Trinajstić information content (AvgIpc) is 3.00. The molecule has 1 N–H and O–H groups in total. The van der Waals surface area contributed by atoms with Crippen LogP contribution in [0.5, 0.6) is 0 Å². The minimum atomic E-state index is -0.609. The fraction of sp³-hybridized carbons (Fsp3) is 0.818. The predicted molar refractivity (Wildman–Crippen MR) is 114 cm³/mol. The minimum Gasteiger partial charge on any atom is -0.461 e. The van der Waals surface area contributed by atoms with Crippen LogP contribution < -0.4 is 0 Å². The number of esters is 1. The van der Waals surface area contributed by atoms with Crippen LogP contribution in [0.2, 0.25) is 0 Å². The number of carbonyl (C=O) groups is 2. The number of aliphatic hydroxyl groups is 1. The van der Waals surface area contributed by atoms with Crippen LogP contribution in [0.1, 0.15) is 59.8 Å². The van der Waals surface area contributed by atoms with Crippen LogP contribution in [0.25, 0.3) is 0 Å². The van der Waals surface area contributed by atoms with E-state index in [1.54, 1.807) is 0 Å². The molecule has 0 aromatic heterocycles. The van der Waals surface area contributed by atoms with E-state index in [1.807, 2.05) is 35.6 Å². The second-order valence-corrected chi connectivity index (χ2v) is 10.5. The molecule has 3 fully saturated rings. The number of Topliss-reactive ketones (excluding diaryl/α,β-unsaturated/α-hetero) is 1. The van der Waals surface area contributed by atoms with E-state index in [0.29, 0.717) is 18.6 Å². The van der Waals surface area contributed by atoms with Crippen LogP contribution in [0.15, 0.2) is 12.7 Å². The van der Waals surface area contributed by atoms with Crippen LogP contribution >= 0.6 is 22.6 Å². The number of ketones is 1. The molecule has 0 unspecified atom stereocenters. The van der Waals surface area contributed by atoms with Gasteiger partial charge in [0.15, 0.2) is 0 Å². The van der Waals surface area contributed by atoms with Gasteiger partial charge in [-0.05, 0) is 42.9 Å². The molecule has 3 saturated carbocycles. The Balaban J connectivity index is 2.21. The second-order valence-electron chi connectivity index (χ2n) is 9.70. The van der Waals surface area contributed by atoms with Crippen molar-refractivity contribution in [3.63, 3.8) is 0 Å². The van der Waals surface area contributed by atoms with Gasteiger partial charge in [-0.1, -0.05) is 56.4 Å². The molecule has 3 aliphatic carbocycles. The van der Waals surface area contributed by atoms with Gasteiger partial charge in [-0.3, -0.25) is 9.59 Å². The summed E-state index contributed by atoms with van der Waals surface area (Å²) in [4.78, 5) is 25.5. The number of rotatable bonds is 3. The largest absolute Gasteiger partial charge is 0.461 e. The lowest BCUT2D eigenvalue weighted by molar-refractivity contribution is -0.205. The van der Waals surface area contributed by atoms with E-state index in [2.05, 4.69) is 27.4 Å². The van der Waals surface area contributed by atoms with Gasteiger partial charge < -0.3 is 9.84 Å². The third-order valence-electron chi connectivity index (χ3n) is 8.68. The van der Waals surface area contributed by atoms with Gasteiger partial charge in [-0.15, -0.1) is 6.58 Å². The fourth-order valence-electron chi connectivity index (χ4n) is 6.69. The summed E-state index contributed by atoms with van der Waals surface area (Å²) in [5.41, 5.74) is -1.18. The molecule has 8 atom stereocenters. The Hall–Kier alpha value is -0.430. The van der Waals surface area contributed by atoms with E-state index >= 15 is 0 Å². The van der Waals surface area contributed by atoms with E-state index in [4.69, 9.17) is 4.74 Å². The molecule has 3 rings (SSSR count). The number of carbonyl (C=O) groups excluding carboxylic acids is 2.